The molecule has 120 valence electrons. The molecule has 3 rings (SSSR count). The molecule has 6 nitrogen and oxygen atoms in total. The Balaban J connectivity index is 1.66. The molecule has 23 heavy (non-hydrogen) atoms. The maximum atomic E-state index is 12.6. The van der Waals surface area contributed by atoms with Crippen LogP contribution < -0.4 is 5.73 Å². The van der Waals surface area contributed by atoms with Gasteiger partial charge in [0.05, 0.1) is 11.3 Å². The predicted molar refractivity (Wildman–Crippen MR) is 88.0 cm³/mol. The molecule has 0 atom stereocenters. The highest BCUT2D eigenvalue weighted by atomic mass is 16.2. The predicted octanol–water partition coefficient (Wildman–Crippen LogP) is 2.09. The first-order chi connectivity index (χ1) is 11.0. The Hall–Kier alpha value is -2.50. The minimum Gasteiger partial charge on any atom is -0.368 e. The summed E-state index contributed by atoms with van der Waals surface area (Å²) < 4.78 is 0. The first-order valence-corrected chi connectivity index (χ1v) is 7.85. The summed E-state index contributed by atoms with van der Waals surface area (Å²) >= 11 is 0. The molecule has 1 saturated heterocycles. The minimum absolute atomic E-state index is 0.0111. The lowest BCUT2D eigenvalue weighted by Crippen LogP contribution is -2.38. The van der Waals surface area contributed by atoms with Crippen molar-refractivity contribution in [3.8, 4) is 0 Å². The highest BCUT2D eigenvalue weighted by molar-refractivity contribution is 5.95. The minimum atomic E-state index is -0.0111. The number of aromatic nitrogens is 3. The van der Waals surface area contributed by atoms with E-state index in [0.717, 1.165) is 31.6 Å². The molecule has 2 aromatic heterocycles. The molecule has 0 radical (unpaired) electrons. The van der Waals surface area contributed by atoms with Crippen LogP contribution >= 0.6 is 0 Å². The highest BCUT2D eigenvalue weighted by Gasteiger charge is 2.26. The molecule has 2 N–H and O–H groups in total. The molecule has 1 fully saturated rings. The number of aryl methyl sites for hydroxylation is 2. The molecule has 0 aliphatic carbocycles. The number of amides is 1. The number of piperidine rings is 1. The van der Waals surface area contributed by atoms with Gasteiger partial charge in [0.25, 0.3) is 5.91 Å². The van der Waals surface area contributed by atoms with E-state index in [1.165, 1.54) is 11.8 Å². The van der Waals surface area contributed by atoms with Crippen LogP contribution in [0.2, 0.25) is 0 Å². The number of pyridine rings is 1. The van der Waals surface area contributed by atoms with Gasteiger partial charge in [-0.1, -0.05) is 6.07 Å². The van der Waals surface area contributed by atoms with Crippen molar-refractivity contribution < 1.29 is 4.79 Å². The molecule has 0 spiro atoms. The van der Waals surface area contributed by atoms with E-state index in [1.54, 1.807) is 6.92 Å². The zero-order chi connectivity index (χ0) is 16.4. The van der Waals surface area contributed by atoms with Gasteiger partial charge in [0, 0.05) is 31.2 Å². The number of nitrogens with two attached hydrogens (primary N) is 1. The molecule has 1 aliphatic rings. The van der Waals surface area contributed by atoms with Gasteiger partial charge < -0.3 is 10.6 Å². The maximum Gasteiger partial charge on any atom is 0.257 e. The Kier molecular flexibility index (Phi) is 4.23. The van der Waals surface area contributed by atoms with E-state index in [9.17, 15) is 4.79 Å². The van der Waals surface area contributed by atoms with Crippen LogP contribution in [0.1, 0.15) is 46.1 Å². The van der Waals surface area contributed by atoms with Crippen LogP contribution in [0.5, 0.6) is 0 Å². The third-order valence-electron chi connectivity index (χ3n) is 4.42. The second-order valence-corrected chi connectivity index (χ2v) is 6.03. The number of carbonyl (C=O) groups is 1. The van der Waals surface area contributed by atoms with Crippen molar-refractivity contribution in [1.29, 1.82) is 0 Å². The smallest absolute Gasteiger partial charge is 0.257 e. The van der Waals surface area contributed by atoms with E-state index in [4.69, 9.17) is 5.73 Å². The Bertz CT molecular complexity index is 705. The summed E-state index contributed by atoms with van der Waals surface area (Å²) in [7, 11) is 0. The molecule has 1 amide bonds. The quantitative estimate of drug-likeness (QED) is 0.918. The number of carbonyl (C=O) groups excluding carboxylic acids is 1. The molecular formula is C17H21N5O. The molecule has 1 aliphatic heterocycles. The molecule has 0 aromatic carbocycles. The van der Waals surface area contributed by atoms with E-state index in [1.807, 2.05) is 24.1 Å². The number of rotatable bonds is 2. The summed E-state index contributed by atoms with van der Waals surface area (Å²) in [6.07, 6.45) is 5.38. The largest absolute Gasteiger partial charge is 0.368 e. The van der Waals surface area contributed by atoms with Crippen molar-refractivity contribution in [3.63, 3.8) is 0 Å². The number of nitrogens with zero attached hydrogens (tertiary/aromatic N) is 4. The van der Waals surface area contributed by atoms with Gasteiger partial charge in [-0.3, -0.25) is 9.78 Å². The molecule has 3 heterocycles. The fourth-order valence-corrected chi connectivity index (χ4v) is 3.00. The normalized spacial score (nSPS) is 15.7. The van der Waals surface area contributed by atoms with Crippen molar-refractivity contribution in [2.24, 2.45) is 0 Å². The van der Waals surface area contributed by atoms with Gasteiger partial charge >= 0.3 is 0 Å². The van der Waals surface area contributed by atoms with Gasteiger partial charge in [0.1, 0.15) is 0 Å². The summed E-state index contributed by atoms with van der Waals surface area (Å²) in [5.41, 5.74) is 9.00. The Morgan fingerprint density at radius 3 is 2.52 bits per heavy atom. The zero-order valence-electron chi connectivity index (χ0n) is 13.5. The number of hydrogen-bond donors (Lipinski definition) is 1. The van der Waals surface area contributed by atoms with Gasteiger partial charge in [-0.2, -0.15) is 0 Å². The van der Waals surface area contributed by atoms with Crippen molar-refractivity contribution in [3.05, 3.63) is 47.0 Å². The van der Waals surface area contributed by atoms with E-state index in [0.29, 0.717) is 17.2 Å². The van der Waals surface area contributed by atoms with Crippen LogP contribution in [0.15, 0.2) is 24.5 Å². The first kappa shape index (κ1) is 15.4. The zero-order valence-corrected chi connectivity index (χ0v) is 13.5. The second-order valence-electron chi connectivity index (χ2n) is 6.03. The van der Waals surface area contributed by atoms with Crippen LogP contribution in [0.4, 0.5) is 5.95 Å². The lowest BCUT2D eigenvalue weighted by atomic mass is 9.90. The van der Waals surface area contributed by atoms with Gasteiger partial charge in [0.2, 0.25) is 5.95 Å². The Morgan fingerprint density at radius 2 is 1.91 bits per heavy atom. The average molecular weight is 311 g/mol. The third kappa shape index (κ3) is 3.31. The summed E-state index contributed by atoms with van der Waals surface area (Å²) in [6.45, 7) is 5.25. The van der Waals surface area contributed by atoms with E-state index in [-0.39, 0.29) is 11.9 Å². The summed E-state index contributed by atoms with van der Waals surface area (Å²) in [4.78, 5) is 26.9. The first-order valence-electron chi connectivity index (χ1n) is 7.85. The topological polar surface area (TPSA) is 85.0 Å². The van der Waals surface area contributed by atoms with Gasteiger partial charge in [-0.05, 0) is 44.2 Å². The lowest BCUT2D eigenvalue weighted by molar-refractivity contribution is 0.0711. The van der Waals surface area contributed by atoms with Crippen LogP contribution in [0.25, 0.3) is 0 Å². The van der Waals surface area contributed by atoms with Crippen molar-refractivity contribution in [1.82, 2.24) is 19.9 Å². The SMILES string of the molecule is Cc1ccc(C2CCN(C(=O)c3cnc(N)nc3C)CC2)cn1. The standard InChI is InChI=1S/C17H21N5O/c1-11-3-4-14(9-19-11)13-5-7-22(8-6-13)16(23)15-10-20-17(18)21-12(15)2/h3-4,9-10,13H,5-8H2,1-2H3,(H2,18,20,21). The molecule has 0 saturated carbocycles. The fraction of sp³-hybridized carbons (Fsp3) is 0.412. The van der Waals surface area contributed by atoms with Gasteiger partial charge in [-0.25, -0.2) is 9.97 Å². The number of nitrogen functional groups attached to an aromatic ring is 1. The number of likely N-dealkylation sites (tertiary alicyclic amines) is 1. The highest BCUT2D eigenvalue weighted by Crippen LogP contribution is 2.28. The van der Waals surface area contributed by atoms with E-state index in [2.05, 4.69) is 21.0 Å². The van der Waals surface area contributed by atoms with E-state index >= 15 is 0 Å². The van der Waals surface area contributed by atoms with Crippen LogP contribution in [-0.4, -0.2) is 38.8 Å². The monoisotopic (exact) mass is 311 g/mol. The molecule has 2 aromatic rings. The number of anilines is 1. The summed E-state index contributed by atoms with van der Waals surface area (Å²) in [5.74, 6) is 0.656. The van der Waals surface area contributed by atoms with E-state index < -0.39 is 0 Å². The van der Waals surface area contributed by atoms with Gasteiger partial charge in [0.15, 0.2) is 0 Å². The Labute approximate surface area is 135 Å². The Morgan fingerprint density at radius 1 is 1.17 bits per heavy atom. The van der Waals surface area contributed by atoms with Crippen molar-refractivity contribution in [2.75, 3.05) is 18.8 Å². The maximum absolute atomic E-state index is 12.6. The lowest BCUT2D eigenvalue weighted by Gasteiger charge is -2.32. The van der Waals surface area contributed by atoms with Crippen molar-refractivity contribution >= 4 is 11.9 Å². The van der Waals surface area contributed by atoms with Gasteiger partial charge in [-0.15, -0.1) is 0 Å². The molecule has 6 heteroatoms. The molecule has 0 unspecified atom stereocenters. The van der Waals surface area contributed by atoms with Crippen LogP contribution in [-0.2, 0) is 0 Å². The third-order valence-corrected chi connectivity index (χ3v) is 4.42. The van der Waals surface area contributed by atoms with Crippen LogP contribution in [0.3, 0.4) is 0 Å². The van der Waals surface area contributed by atoms with Crippen LogP contribution in [0, 0.1) is 13.8 Å². The fourth-order valence-electron chi connectivity index (χ4n) is 3.00. The average Bonchev–Trinajstić information content (AvgIpc) is 2.55. The van der Waals surface area contributed by atoms with Crippen molar-refractivity contribution in [2.45, 2.75) is 32.6 Å². The second kappa shape index (κ2) is 6.32. The molecule has 0 bridgehead atoms. The number of hydrogen-bond acceptors (Lipinski definition) is 5. The molecular weight excluding hydrogens is 290 g/mol. The summed E-state index contributed by atoms with van der Waals surface area (Å²) in [6, 6.07) is 4.18. The summed E-state index contributed by atoms with van der Waals surface area (Å²) in [5, 5.41) is 0.